The summed E-state index contributed by atoms with van der Waals surface area (Å²) in [4.78, 5) is 49.4. The summed E-state index contributed by atoms with van der Waals surface area (Å²) in [6.07, 6.45) is -0.312. The molecule has 1 aromatic heterocycles. The Labute approximate surface area is 190 Å². The normalized spacial score (nSPS) is 11.9. The topological polar surface area (TPSA) is 142 Å². The van der Waals surface area contributed by atoms with Crippen LogP contribution in [0.1, 0.15) is 53.8 Å². The first kappa shape index (κ1) is 25.5. The van der Waals surface area contributed by atoms with Crippen molar-refractivity contribution in [3.63, 3.8) is 0 Å². The summed E-state index contributed by atoms with van der Waals surface area (Å²) in [5, 5.41) is 13.8. The molecule has 2 rings (SSSR count). The molecule has 10 nitrogen and oxygen atoms in total. The van der Waals surface area contributed by atoms with Crippen molar-refractivity contribution < 1.29 is 28.1 Å². The van der Waals surface area contributed by atoms with Crippen LogP contribution in [0.4, 0.5) is 4.39 Å². The number of nitrogens with zero attached hydrogens (tertiary/aromatic N) is 1. The molecule has 0 saturated carbocycles. The van der Waals surface area contributed by atoms with Gasteiger partial charge >= 0.3 is 0 Å². The number of amides is 4. The van der Waals surface area contributed by atoms with Crippen LogP contribution in [-0.2, 0) is 9.59 Å². The van der Waals surface area contributed by atoms with E-state index < -0.39 is 41.0 Å². The van der Waals surface area contributed by atoms with Gasteiger partial charge in [-0.25, -0.2) is 4.39 Å². The van der Waals surface area contributed by atoms with Crippen molar-refractivity contribution in [3.05, 3.63) is 53.2 Å². The molecular formula is C22H28FN5O5. The molecule has 11 heteroatoms. The van der Waals surface area contributed by atoms with Crippen molar-refractivity contribution >= 4 is 23.6 Å². The molecule has 0 saturated heterocycles. The van der Waals surface area contributed by atoms with Gasteiger partial charge in [0, 0.05) is 24.7 Å². The van der Waals surface area contributed by atoms with Gasteiger partial charge in [0.15, 0.2) is 5.69 Å². The van der Waals surface area contributed by atoms with Gasteiger partial charge in [-0.1, -0.05) is 17.3 Å². The van der Waals surface area contributed by atoms with E-state index in [1.165, 1.54) is 30.3 Å². The summed E-state index contributed by atoms with van der Waals surface area (Å²) >= 11 is 0. The lowest BCUT2D eigenvalue weighted by Gasteiger charge is -2.23. The van der Waals surface area contributed by atoms with Crippen molar-refractivity contribution in [3.8, 4) is 0 Å². The van der Waals surface area contributed by atoms with Crippen LogP contribution < -0.4 is 21.3 Å². The van der Waals surface area contributed by atoms with Gasteiger partial charge in [0.1, 0.15) is 17.6 Å². The van der Waals surface area contributed by atoms with E-state index in [1.54, 1.807) is 27.7 Å². The summed E-state index contributed by atoms with van der Waals surface area (Å²) in [5.74, 6) is -2.62. The summed E-state index contributed by atoms with van der Waals surface area (Å²) in [7, 11) is 0. The summed E-state index contributed by atoms with van der Waals surface area (Å²) in [5.41, 5.74) is -0.670. The van der Waals surface area contributed by atoms with Gasteiger partial charge in [-0.3, -0.25) is 19.2 Å². The molecule has 2 aromatic rings. The number of benzene rings is 1. The van der Waals surface area contributed by atoms with E-state index in [-0.39, 0.29) is 30.8 Å². The third-order valence-corrected chi connectivity index (χ3v) is 4.21. The van der Waals surface area contributed by atoms with Gasteiger partial charge < -0.3 is 25.8 Å². The van der Waals surface area contributed by atoms with E-state index in [9.17, 15) is 23.6 Å². The van der Waals surface area contributed by atoms with Gasteiger partial charge in [0.2, 0.25) is 11.8 Å². The number of aryl methyl sites for hydroxylation is 1. The van der Waals surface area contributed by atoms with Crippen molar-refractivity contribution in [2.75, 3.05) is 13.1 Å². The molecule has 4 N–H and O–H groups in total. The Hall–Kier alpha value is -3.76. The third kappa shape index (κ3) is 8.36. The number of carbonyl (C=O) groups is 4. The van der Waals surface area contributed by atoms with Crippen molar-refractivity contribution in [1.82, 2.24) is 26.4 Å². The highest BCUT2D eigenvalue weighted by Crippen LogP contribution is 2.06. The summed E-state index contributed by atoms with van der Waals surface area (Å²) < 4.78 is 18.5. The van der Waals surface area contributed by atoms with Crippen molar-refractivity contribution in [1.29, 1.82) is 0 Å². The number of hydrogen-bond acceptors (Lipinski definition) is 6. The van der Waals surface area contributed by atoms with E-state index in [0.29, 0.717) is 5.76 Å². The smallest absolute Gasteiger partial charge is 0.274 e. The highest BCUT2D eigenvalue weighted by atomic mass is 19.1. The SMILES string of the molecule is Cc1cc(C(=O)N[C@@H](CC(=O)NC(C)(C)C)C(=O)NCCNC(=O)c2ccccc2F)no1. The highest BCUT2D eigenvalue weighted by Gasteiger charge is 2.27. The van der Waals surface area contributed by atoms with E-state index in [2.05, 4.69) is 26.4 Å². The Kier molecular flexibility index (Phi) is 8.66. The molecule has 0 spiro atoms. The molecule has 0 radical (unpaired) electrons. The predicted octanol–water partition coefficient (Wildman–Crippen LogP) is 1.07. The number of carbonyl (C=O) groups excluding carboxylic acids is 4. The minimum atomic E-state index is -1.20. The fraction of sp³-hybridized carbons (Fsp3) is 0.409. The predicted molar refractivity (Wildman–Crippen MR) is 117 cm³/mol. The fourth-order valence-electron chi connectivity index (χ4n) is 2.80. The molecule has 0 aliphatic rings. The third-order valence-electron chi connectivity index (χ3n) is 4.21. The second-order valence-electron chi connectivity index (χ2n) is 8.38. The molecule has 1 heterocycles. The molecule has 33 heavy (non-hydrogen) atoms. The Bertz CT molecular complexity index is 1010. The first-order chi connectivity index (χ1) is 15.5. The zero-order valence-electron chi connectivity index (χ0n) is 19.0. The van der Waals surface area contributed by atoms with E-state index in [0.717, 1.165) is 0 Å². The van der Waals surface area contributed by atoms with E-state index >= 15 is 0 Å². The minimum absolute atomic E-state index is 0.00461. The van der Waals surface area contributed by atoms with Crippen LogP contribution in [0.3, 0.4) is 0 Å². The molecule has 0 fully saturated rings. The zero-order chi connectivity index (χ0) is 24.6. The first-order valence-electron chi connectivity index (χ1n) is 10.3. The molecule has 0 unspecified atom stereocenters. The molecule has 1 aromatic carbocycles. The summed E-state index contributed by atoms with van der Waals surface area (Å²) in [6.45, 7) is 6.98. The van der Waals surface area contributed by atoms with Crippen molar-refractivity contribution in [2.45, 2.75) is 45.7 Å². The maximum atomic E-state index is 13.7. The van der Waals surface area contributed by atoms with Crippen LogP contribution in [0, 0.1) is 12.7 Å². The first-order valence-corrected chi connectivity index (χ1v) is 10.3. The molecule has 0 bridgehead atoms. The molecule has 4 amide bonds. The van der Waals surface area contributed by atoms with Gasteiger partial charge in [-0.15, -0.1) is 0 Å². The maximum absolute atomic E-state index is 13.7. The van der Waals surface area contributed by atoms with Crippen LogP contribution in [0.5, 0.6) is 0 Å². The van der Waals surface area contributed by atoms with Crippen molar-refractivity contribution in [2.24, 2.45) is 0 Å². The molecular weight excluding hydrogens is 433 g/mol. The average Bonchev–Trinajstić information content (AvgIpc) is 3.15. The van der Waals surface area contributed by atoms with Gasteiger partial charge in [-0.05, 0) is 39.8 Å². The van der Waals surface area contributed by atoms with Crippen LogP contribution in [0.15, 0.2) is 34.9 Å². The molecule has 0 aliphatic heterocycles. The molecule has 0 aliphatic carbocycles. The second kappa shape index (κ2) is 11.2. The second-order valence-corrected chi connectivity index (χ2v) is 8.38. The quantitative estimate of drug-likeness (QED) is 0.412. The maximum Gasteiger partial charge on any atom is 0.274 e. The monoisotopic (exact) mass is 461 g/mol. The molecule has 1 atom stereocenters. The highest BCUT2D eigenvalue weighted by molar-refractivity contribution is 5.98. The zero-order valence-corrected chi connectivity index (χ0v) is 19.0. The largest absolute Gasteiger partial charge is 0.361 e. The fourth-order valence-corrected chi connectivity index (χ4v) is 2.80. The standard InChI is InChI=1S/C22H28FN5O5/c1-13-11-17(28-33-13)21(32)26-16(12-18(29)27-22(2,3)4)20(31)25-10-9-24-19(30)14-7-5-6-8-15(14)23/h5-8,11,16H,9-10,12H2,1-4H3,(H,24,30)(H,25,31)(H,26,32)(H,27,29)/t16-/m0/s1. The number of nitrogens with one attached hydrogen (secondary N) is 4. The van der Waals surface area contributed by atoms with Crippen LogP contribution in [0.2, 0.25) is 0 Å². The van der Waals surface area contributed by atoms with E-state index in [1.807, 2.05) is 0 Å². The van der Waals surface area contributed by atoms with Crippen LogP contribution in [0.25, 0.3) is 0 Å². The molecule has 178 valence electrons. The summed E-state index contributed by atoms with van der Waals surface area (Å²) in [6, 6.07) is 5.72. The van der Waals surface area contributed by atoms with Gasteiger partial charge in [0.25, 0.3) is 11.8 Å². The Morgan fingerprint density at radius 3 is 2.33 bits per heavy atom. The Morgan fingerprint density at radius 2 is 1.73 bits per heavy atom. The van der Waals surface area contributed by atoms with Gasteiger partial charge in [0.05, 0.1) is 12.0 Å². The Balaban J connectivity index is 1.95. The lowest BCUT2D eigenvalue weighted by Crippen LogP contribution is -2.51. The average molecular weight is 461 g/mol. The van der Waals surface area contributed by atoms with Gasteiger partial charge in [-0.2, -0.15) is 0 Å². The van der Waals surface area contributed by atoms with Crippen LogP contribution in [-0.4, -0.2) is 53.5 Å². The number of rotatable bonds is 9. The number of aromatic nitrogens is 1. The number of halogens is 1. The lowest BCUT2D eigenvalue weighted by atomic mass is 10.1. The minimum Gasteiger partial charge on any atom is -0.361 e. The lowest BCUT2D eigenvalue weighted by molar-refractivity contribution is -0.128. The Morgan fingerprint density at radius 1 is 1.06 bits per heavy atom. The van der Waals surface area contributed by atoms with E-state index in [4.69, 9.17) is 4.52 Å². The number of hydrogen-bond donors (Lipinski definition) is 4. The van der Waals surface area contributed by atoms with Crippen LogP contribution >= 0.6 is 0 Å².